The molecule has 0 radical (unpaired) electrons. The number of hydrogen-bond acceptors (Lipinski definition) is 2. The van der Waals surface area contributed by atoms with Crippen LogP contribution in [0.15, 0.2) is 48.5 Å². The summed E-state index contributed by atoms with van der Waals surface area (Å²) in [6, 6.07) is 15.6. The first-order valence-electron chi connectivity index (χ1n) is 7.04. The van der Waals surface area contributed by atoms with Crippen LogP contribution in [0.3, 0.4) is 0 Å². The smallest absolute Gasteiger partial charge is 0.303 e. The second-order valence-electron chi connectivity index (χ2n) is 5.10. The average molecular weight is 315 g/mol. The van der Waals surface area contributed by atoms with Crippen molar-refractivity contribution in [3.8, 4) is 0 Å². The summed E-state index contributed by atoms with van der Waals surface area (Å²) in [5, 5.41) is 9.55. The maximum Gasteiger partial charge on any atom is 0.303 e. The van der Waals surface area contributed by atoms with Crippen LogP contribution in [0.1, 0.15) is 17.8 Å². The highest BCUT2D eigenvalue weighted by Gasteiger charge is 2.14. The maximum absolute atomic E-state index is 10.9. The Kier molecular flexibility index (Phi) is 4.11. The average Bonchev–Trinajstić information content (AvgIpc) is 2.85. The van der Waals surface area contributed by atoms with Gasteiger partial charge in [0.15, 0.2) is 0 Å². The lowest BCUT2D eigenvalue weighted by atomic mass is 10.2. The van der Waals surface area contributed by atoms with Crippen molar-refractivity contribution in [1.29, 1.82) is 0 Å². The van der Waals surface area contributed by atoms with E-state index in [1.807, 2.05) is 53.1 Å². The Labute approximate surface area is 133 Å². The molecule has 0 aliphatic carbocycles. The zero-order valence-corrected chi connectivity index (χ0v) is 12.6. The molecule has 0 amide bonds. The summed E-state index contributed by atoms with van der Waals surface area (Å²) in [5.74, 6) is -0.0845. The number of nitrogens with zero attached hydrogens (tertiary/aromatic N) is 2. The summed E-state index contributed by atoms with van der Waals surface area (Å²) in [4.78, 5) is 15.4. The standard InChI is InChI=1S/C17H15ClN2O2/c18-13-7-4-8-14-17(13)20(11-12-5-2-1-3-6-12)15(19-14)9-10-16(21)22/h1-8H,9-11H2,(H,21,22). The van der Waals surface area contributed by atoms with Crippen molar-refractivity contribution >= 4 is 28.6 Å². The minimum absolute atomic E-state index is 0.0513. The van der Waals surface area contributed by atoms with E-state index in [0.29, 0.717) is 18.0 Å². The number of aromatic nitrogens is 2. The van der Waals surface area contributed by atoms with Crippen LogP contribution in [0, 0.1) is 0 Å². The van der Waals surface area contributed by atoms with E-state index < -0.39 is 5.97 Å². The van der Waals surface area contributed by atoms with Gasteiger partial charge in [0.1, 0.15) is 5.82 Å². The van der Waals surface area contributed by atoms with Gasteiger partial charge >= 0.3 is 5.97 Å². The molecule has 0 atom stereocenters. The zero-order chi connectivity index (χ0) is 15.5. The number of carboxylic acids is 1. The molecule has 3 aromatic rings. The number of carboxylic acid groups (broad SMARTS) is 1. The molecule has 0 spiro atoms. The molecule has 112 valence electrons. The molecule has 0 aliphatic rings. The van der Waals surface area contributed by atoms with Gasteiger partial charge < -0.3 is 9.67 Å². The van der Waals surface area contributed by atoms with Crippen LogP contribution in [0.2, 0.25) is 5.02 Å². The molecule has 0 aliphatic heterocycles. The van der Waals surface area contributed by atoms with Gasteiger partial charge in [0.25, 0.3) is 0 Å². The molecule has 3 rings (SSSR count). The zero-order valence-electron chi connectivity index (χ0n) is 11.9. The minimum Gasteiger partial charge on any atom is -0.481 e. The van der Waals surface area contributed by atoms with Crippen molar-refractivity contribution in [2.24, 2.45) is 0 Å². The molecule has 4 nitrogen and oxygen atoms in total. The lowest BCUT2D eigenvalue weighted by molar-refractivity contribution is -0.137. The molecule has 1 aromatic heterocycles. The molecule has 0 saturated carbocycles. The molecule has 0 unspecified atom stereocenters. The molecule has 1 N–H and O–H groups in total. The second-order valence-corrected chi connectivity index (χ2v) is 5.51. The van der Waals surface area contributed by atoms with E-state index in [-0.39, 0.29) is 6.42 Å². The van der Waals surface area contributed by atoms with Crippen LogP contribution in [0.4, 0.5) is 0 Å². The number of aliphatic carboxylic acids is 1. The number of rotatable bonds is 5. The highest BCUT2D eigenvalue weighted by molar-refractivity contribution is 6.35. The van der Waals surface area contributed by atoms with E-state index >= 15 is 0 Å². The molecule has 1 heterocycles. The van der Waals surface area contributed by atoms with Gasteiger partial charge in [-0.3, -0.25) is 4.79 Å². The number of para-hydroxylation sites is 1. The third-order valence-corrected chi connectivity index (χ3v) is 3.85. The quantitative estimate of drug-likeness (QED) is 0.780. The molecule has 22 heavy (non-hydrogen) atoms. The van der Waals surface area contributed by atoms with Gasteiger partial charge in [0.05, 0.1) is 22.5 Å². The van der Waals surface area contributed by atoms with Gasteiger partial charge in [-0.2, -0.15) is 0 Å². The number of imidazole rings is 1. The van der Waals surface area contributed by atoms with E-state index in [1.165, 1.54) is 0 Å². The topological polar surface area (TPSA) is 55.1 Å². The Morgan fingerprint density at radius 1 is 1.14 bits per heavy atom. The van der Waals surface area contributed by atoms with Crippen molar-refractivity contribution in [1.82, 2.24) is 9.55 Å². The molecule has 0 bridgehead atoms. The highest BCUT2D eigenvalue weighted by Crippen LogP contribution is 2.26. The largest absolute Gasteiger partial charge is 0.481 e. The van der Waals surface area contributed by atoms with E-state index in [0.717, 1.165) is 22.4 Å². The van der Waals surface area contributed by atoms with Gasteiger partial charge in [-0.15, -0.1) is 0 Å². The number of carbonyl (C=O) groups is 1. The summed E-state index contributed by atoms with van der Waals surface area (Å²) in [6.45, 7) is 0.621. The lowest BCUT2D eigenvalue weighted by Crippen LogP contribution is -2.08. The Balaban J connectivity index is 2.07. The van der Waals surface area contributed by atoms with E-state index in [2.05, 4.69) is 4.98 Å². The molecule has 5 heteroatoms. The van der Waals surface area contributed by atoms with Crippen LogP contribution in [0.5, 0.6) is 0 Å². The number of hydrogen-bond donors (Lipinski definition) is 1. The van der Waals surface area contributed by atoms with Crippen molar-refractivity contribution < 1.29 is 9.90 Å². The summed E-state index contributed by atoms with van der Waals surface area (Å²) < 4.78 is 2.01. The number of halogens is 1. The summed E-state index contributed by atoms with van der Waals surface area (Å²) in [5.41, 5.74) is 2.77. The fourth-order valence-corrected chi connectivity index (χ4v) is 2.81. The summed E-state index contributed by atoms with van der Waals surface area (Å²) in [7, 11) is 0. The normalized spacial score (nSPS) is 11.0. The fraction of sp³-hybridized carbons (Fsp3) is 0.176. The van der Waals surface area contributed by atoms with Gasteiger partial charge in [-0.05, 0) is 17.7 Å². The van der Waals surface area contributed by atoms with Crippen molar-refractivity contribution in [3.05, 3.63) is 64.9 Å². The number of aryl methyl sites for hydroxylation is 1. The molecular weight excluding hydrogens is 300 g/mol. The predicted octanol–water partition coefficient (Wildman–Crippen LogP) is 3.76. The van der Waals surface area contributed by atoms with E-state index in [9.17, 15) is 4.79 Å². The molecule has 2 aromatic carbocycles. The lowest BCUT2D eigenvalue weighted by Gasteiger charge is -2.09. The number of benzene rings is 2. The molecule has 0 saturated heterocycles. The van der Waals surface area contributed by atoms with Crippen molar-refractivity contribution in [3.63, 3.8) is 0 Å². The molecule has 0 fully saturated rings. The Hall–Kier alpha value is -2.33. The third-order valence-electron chi connectivity index (χ3n) is 3.54. The first-order chi connectivity index (χ1) is 10.6. The maximum atomic E-state index is 10.9. The summed E-state index contributed by atoms with van der Waals surface area (Å²) in [6.07, 6.45) is 0.433. The van der Waals surface area contributed by atoms with E-state index in [1.54, 1.807) is 0 Å². The minimum atomic E-state index is -0.829. The van der Waals surface area contributed by atoms with Crippen LogP contribution < -0.4 is 0 Å². The van der Waals surface area contributed by atoms with Crippen molar-refractivity contribution in [2.75, 3.05) is 0 Å². The highest BCUT2D eigenvalue weighted by atomic mass is 35.5. The first kappa shape index (κ1) is 14.6. The van der Waals surface area contributed by atoms with Gasteiger partial charge in [-0.25, -0.2) is 4.98 Å². The SMILES string of the molecule is O=C(O)CCc1nc2cccc(Cl)c2n1Cc1ccccc1. The van der Waals surface area contributed by atoms with Crippen LogP contribution in [-0.4, -0.2) is 20.6 Å². The monoisotopic (exact) mass is 314 g/mol. The van der Waals surface area contributed by atoms with Crippen LogP contribution in [0.25, 0.3) is 11.0 Å². The Bertz CT molecular complexity index is 812. The van der Waals surface area contributed by atoms with Gasteiger partial charge in [0, 0.05) is 13.0 Å². The third kappa shape index (κ3) is 2.97. The Morgan fingerprint density at radius 2 is 1.91 bits per heavy atom. The van der Waals surface area contributed by atoms with Crippen molar-refractivity contribution in [2.45, 2.75) is 19.4 Å². The van der Waals surface area contributed by atoms with Crippen LogP contribution >= 0.6 is 11.6 Å². The van der Waals surface area contributed by atoms with E-state index in [4.69, 9.17) is 16.7 Å². The summed E-state index contributed by atoms with van der Waals surface area (Å²) >= 11 is 6.33. The Morgan fingerprint density at radius 3 is 2.64 bits per heavy atom. The molecular formula is C17H15ClN2O2. The van der Waals surface area contributed by atoms with Crippen LogP contribution in [-0.2, 0) is 17.8 Å². The predicted molar refractivity (Wildman–Crippen MR) is 86.2 cm³/mol. The fourth-order valence-electron chi connectivity index (χ4n) is 2.54. The van der Waals surface area contributed by atoms with Gasteiger partial charge in [-0.1, -0.05) is 48.0 Å². The van der Waals surface area contributed by atoms with Gasteiger partial charge in [0.2, 0.25) is 0 Å². The second kappa shape index (κ2) is 6.20. The number of fused-ring (bicyclic) bond motifs is 1. The first-order valence-corrected chi connectivity index (χ1v) is 7.42.